The van der Waals surface area contributed by atoms with Crippen LogP contribution in [0.1, 0.15) is 27.5 Å². The summed E-state index contributed by atoms with van der Waals surface area (Å²) in [6.45, 7) is 0. The molecule has 4 rings (SSSR count). The van der Waals surface area contributed by atoms with E-state index in [2.05, 4.69) is 15.5 Å². The molecule has 0 radical (unpaired) electrons. The van der Waals surface area contributed by atoms with Crippen molar-refractivity contribution >= 4 is 5.91 Å². The van der Waals surface area contributed by atoms with Gasteiger partial charge in [0, 0.05) is 12.0 Å². The lowest BCUT2D eigenvalue weighted by atomic mass is 10.0. The van der Waals surface area contributed by atoms with Gasteiger partial charge < -0.3 is 10.4 Å². The second-order valence-electron chi connectivity index (χ2n) is 6.06. The lowest BCUT2D eigenvalue weighted by molar-refractivity contribution is 0.0859. The molecule has 6 heteroatoms. The summed E-state index contributed by atoms with van der Waals surface area (Å²) in [7, 11) is 0. The molecule has 0 spiro atoms. The minimum atomic E-state index is -0.690. The number of fused-ring (bicyclic) bond motifs is 1. The number of amides is 1. The number of carbonyl (C=O) groups excluding carboxylic acids is 1. The quantitative estimate of drug-likeness (QED) is 0.687. The Morgan fingerprint density at radius 2 is 1.96 bits per heavy atom. The molecule has 0 bridgehead atoms. The average Bonchev–Trinajstić information content (AvgIpc) is 3.21. The van der Waals surface area contributed by atoms with Gasteiger partial charge in [-0.2, -0.15) is 5.10 Å². The lowest BCUT2D eigenvalue weighted by Crippen LogP contribution is -2.34. The number of nitrogens with one attached hydrogen (secondary N) is 2. The zero-order chi connectivity index (χ0) is 17.4. The molecule has 3 N–H and O–H groups in total. The van der Waals surface area contributed by atoms with Crippen LogP contribution in [0.15, 0.2) is 54.7 Å². The van der Waals surface area contributed by atoms with E-state index in [1.54, 1.807) is 18.2 Å². The highest BCUT2D eigenvalue weighted by Gasteiger charge is 2.32. The zero-order valence-electron chi connectivity index (χ0n) is 13.2. The molecule has 2 aromatic carbocycles. The Morgan fingerprint density at radius 3 is 2.80 bits per heavy atom. The Labute approximate surface area is 143 Å². The number of H-pyrrole nitrogens is 1. The van der Waals surface area contributed by atoms with E-state index in [9.17, 15) is 14.3 Å². The van der Waals surface area contributed by atoms with Crippen LogP contribution in [-0.4, -0.2) is 27.3 Å². The van der Waals surface area contributed by atoms with Gasteiger partial charge in [0.1, 0.15) is 5.82 Å². The van der Waals surface area contributed by atoms with Gasteiger partial charge >= 0.3 is 0 Å². The van der Waals surface area contributed by atoms with Crippen molar-refractivity contribution in [2.24, 2.45) is 0 Å². The molecule has 126 valence electrons. The van der Waals surface area contributed by atoms with E-state index in [-0.39, 0.29) is 11.1 Å². The molecule has 5 nitrogen and oxygen atoms in total. The van der Waals surface area contributed by atoms with Gasteiger partial charge in [-0.3, -0.25) is 9.89 Å². The molecule has 3 aromatic rings. The summed E-state index contributed by atoms with van der Waals surface area (Å²) in [6.07, 6.45) is 1.17. The number of hydrogen-bond acceptors (Lipinski definition) is 3. The molecule has 25 heavy (non-hydrogen) atoms. The second-order valence-corrected chi connectivity index (χ2v) is 6.06. The molecule has 0 saturated carbocycles. The maximum absolute atomic E-state index is 14.0. The van der Waals surface area contributed by atoms with Crippen LogP contribution < -0.4 is 5.32 Å². The van der Waals surface area contributed by atoms with Crippen LogP contribution in [0.3, 0.4) is 0 Å². The largest absolute Gasteiger partial charge is 0.390 e. The summed E-state index contributed by atoms with van der Waals surface area (Å²) in [5.74, 6) is -0.847. The number of benzene rings is 2. The molecule has 0 saturated heterocycles. The fraction of sp³-hybridized carbons (Fsp3) is 0.158. The molecular formula is C19H16FN3O2. The van der Waals surface area contributed by atoms with E-state index in [0.717, 1.165) is 11.1 Å². The highest BCUT2D eigenvalue weighted by molar-refractivity contribution is 6.00. The number of aliphatic hydroxyl groups is 1. The number of nitrogens with zero attached hydrogens (tertiary/aromatic N) is 1. The molecule has 0 aliphatic heterocycles. The number of aromatic amines is 1. The number of aromatic nitrogens is 2. The fourth-order valence-corrected chi connectivity index (χ4v) is 3.29. The minimum absolute atomic E-state index is 0.238. The first-order chi connectivity index (χ1) is 12.1. The number of aliphatic hydroxyl groups excluding tert-OH is 1. The van der Waals surface area contributed by atoms with Crippen molar-refractivity contribution in [3.63, 3.8) is 0 Å². The maximum Gasteiger partial charge on any atom is 0.255 e. The van der Waals surface area contributed by atoms with Crippen LogP contribution in [0.25, 0.3) is 11.3 Å². The second kappa shape index (κ2) is 6.14. The van der Waals surface area contributed by atoms with Gasteiger partial charge in [0.2, 0.25) is 0 Å². The van der Waals surface area contributed by atoms with Gasteiger partial charge in [0.15, 0.2) is 0 Å². The Morgan fingerprint density at radius 1 is 1.20 bits per heavy atom. The van der Waals surface area contributed by atoms with Gasteiger partial charge in [-0.05, 0) is 23.3 Å². The zero-order valence-corrected chi connectivity index (χ0v) is 13.2. The van der Waals surface area contributed by atoms with E-state index in [4.69, 9.17) is 0 Å². The highest BCUT2D eigenvalue weighted by atomic mass is 19.1. The van der Waals surface area contributed by atoms with Crippen LogP contribution in [0.4, 0.5) is 4.39 Å². The molecule has 0 fully saturated rings. The Balaban J connectivity index is 1.64. The van der Waals surface area contributed by atoms with E-state index in [1.807, 2.05) is 24.3 Å². The summed E-state index contributed by atoms with van der Waals surface area (Å²) in [5, 5.41) is 19.7. The molecule has 1 amide bonds. The van der Waals surface area contributed by atoms with Gasteiger partial charge in [0.25, 0.3) is 5.91 Å². The topological polar surface area (TPSA) is 78.0 Å². The smallest absolute Gasteiger partial charge is 0.255 e. The first-order valence-corrected chi connectivity index (χ1v) is 8.00. The number of carbonyl (C=O) groups is 1. The van der Waals surface area contributed by atoms with Gasteiger partial charge in [0.05, 0.1) is 29.6 Å². The summed E-state index contributed by atoms with van der Waals surface area (Å²) in [5.41, 5.74) is 2.75. The summed E-state index contributed by atoms with van der Waals surface area (Å²) in [4.78, 5) is 12.7. The average molecular weight is 337 g/mol. The van der Waals surface area contributed by atoms with Crippen molar-refractivity contribution in [3.05, 3.63) is 77.2 Å². The van der Waals surface area contributed by atoms with Crippen molar-refractivity contribution in [2.45, 2.75) is 18.6 Å². The van der Waals surface area contributed by atoms with Crippen LogP contribution >= 0.6 is 0 Å². The number of rotatable bonds is 3. The number of halogens is 1. The molecule has 2 atom stereocenters. The highest BCUT2D eigenvalue weighted by Crippen LogP contribution is 2.32. The Hall–Kier alpha value is -2.99. The summed E-state index contributed by atoms with van der Waals surface area (Å²) in [6, 6.07) is 13.3. The van der Waals surface area contributed by atoms with E-state index in [1.165, 1.54) is 12.3 Å². The SMILES string of the molecule is O=C(NC1c2ccccc2CC1O)c1cn[nH]c1-c1ccccc1F. The van der Waals surface area contributed by atoms with Crippen molar-refractivity contribution in [2.75, 3.05) is 0 Å². The molecular weight excluding hydrogens is 321 g/mol. The van der Waals surface area contributed by atoms with Crippen molar-refractivity contribution in [3.8, 4) is 11.3 Å². The Kier molecular flexibility index (Phi) is 3.82. The van der Waals surface area contributed by atoms with Crippen LogP contribution in [-0.2, 0) is 6.42 Å². The monoisotopic (exact) mass is 337 g/mol. The van der Waals surface area contributed by atoms with Crippen LogP contribution in [0, 0.1) is 5.82 Å². The van der Waals surface area contributed by atoms with Gasteiger partial charge in [-0.25, -0.2) is 4.39 Å². The summed E-state index contributed by atoms with van der Waals surface area (Å²) < 4.78 is 14.0. The predicted molar refractivity (Wildman–Crippen MR) is 90.3 cm³/mol. The van der Waals surface area contributed by atoms with Gasteiger partial charge in [-0.1, -0.05) is 36.4 Å². The van der Waals surface area contributed by atoms with Crippen LogP contribution in [0.2, 0.25) is 0 Å². The van der Waals surface area contributed by atoms with E-state index >= 15 is 0 Å². The third-order valence-corrected chi connectivity index (χ3v) is 4.52. The molecule has 2 unspecified atom stereocenters. The van der Waals surface area contributed by atoms with E-state index in [0.29, 0.717) is 12.1 Å². The third-order valence-electron chi connectivity index (χ3n) is 4.52. The molecule has 1 aliphatic rings. The molecule has 1 heterocycles. The fourth-order valence-electron chi connectivity index (χ4n) is 3.29. The first kappa shape index (κ1) is 15.5. The van der Waals surface area contributed by atoms with E-state index < -0.39 is 23.9 Å². The standard InChI is InChI=1S/C19H16FN3O2/c20-15-8-4-3-7-13(15)17-14(10-21-23-17)19(25)22-18-12-6-2-1-5-11(12)9-16(18)24/h1-8,10,16,18,24H,9H2,(H,21,23)(H,22,25). The van der Waals surface area contributed by atoms with Gasteiger partial charge in [-0.15, -0.1) is 0 Å². The first-order valence-electron chi connectivity index (χ1n) is 8.00. The number of hydrogen-bond donors (Lipinski definition) is 3. The maximum atomic E-state index is 14.0. The minimum Gasteiger partial charge on any atom is -0.390 e. The normalized spacial score (nSPS) is 18.8. The van der Waals surface area contributed by atoms with Crippen LogP contribution in [0.5, 0.6) is 0 Å². The summed E-state index contributed by atoms with van der Waals surface area (Å²) >= 11 is 0. The van der Waals surface area contributed by atoms with Crippen molar-refractivity contribution in [1.82, 2.24) is 15.5 Å². The predicted octanol–water partition coefficient (Wildman–Crippen LogP) is 2.60. The van der Waals surface area contributed by atoms with Crippen molar-refractivity contribution in [1.29, 1.82) is 0 Å². The third kappa shape index (κ3) is 2.70. The molecule has 1 aromatic heterocycles. The van der Waals surface area contributed by atoms with Crippen molar-refractivity contribution < 1.29 is 14.3 Å². The molecule has 1 aliphatic carbocycles. The Bertz CT molecular complexity index is 938. The lowest BCUT2D eigenvalue weighted by Gasteiger charge is -2.18.